The second-order valence-electron chi connectivity index (χ2n) is 7.84. The lowest BCUT2D eigenvalue weighted by atomic mass is 10.2. The van der Waals surface area contributed by atoms with E-state index in [0.29, 0.717) is 26.2 Å². The molecule has 1 saturated heterocycles. The molecule has 172 valence electrons. The molecule has 4 rings (SSSR count). The van der Waals surface area contributed by atoms with Gasteiger partial charge in [0.15, 0.2) is 12.4 Å². The number of nitrogens with zero attached hydrogens (tertiary/aromatic N) is 6. The number of anilines is 2. The third-order valence-electron chi connectivity index (χ3n) is 5.89. The first-order valence-electron chi connectivity index (χ1n) is 11.4. The largest absolute Gasteiger partial charge is 0.484 e. The highest BCUT2D eigenvalue weighted by Crippen LogP contribution is 2.22. The molecule has 1 amide bonds. The predicted molar refractivity (Wildman–Crippen MR) is 130 cm³/mol. The molecule has 2 aromatic heterocycles. The van der Waals surface area contributed by atoms with Crippen LogP contribution in [0.4, 0.5) is 11.5 Å². The van der Waals surface area contributed by atoms with Gasteiger partial charge in [0.25, 0.3) is 5.91 Å². The van der Waals surface area contributed by atoms with Crippen molar-refractivity contribution >= 4 is 17.4 Å². The maximum atomic E-state index is 12.7. The zero-order valence-electron chi connectivity index (χ0n) is 19.2. The van der Waals surface area contributed by atoms with Crippen LogP contribution in [0.3, 0.4) is 0 Å². The molecule has 1 aliphatic heterocycles. The standard InChI is InChI=1S/C25H30N6O2/c1-3-29(4-2)21-6-5-7-22(18-21)33-19-25(32)31-16-14-30(15-17-31)24-9-8-23(27-28-24)20-10-12-26-13-11-20/h5-13,18H,3-4,14-17,19H2,1-2H3. The van der Waals surface area contributed by atoms with Crippen LogP contribution < -0.4 is 14.5 Å². The minimum absolute atomic E-state index is 0.00186. The highest BCUT2D eigenvalue weighted by atomic mass is 16.5. The van der Waals surface area contributed by atoms with Crippen molar-refractivity contribution in [1.29, 1.82) is 0 Å². The Labute approximate surface area is 194 Å². The topological polar surface area (TPSA) is 74.7 Å². The monoisotopic (exact) mass is 446 g/mol. The Morgan fingerprint density at radius 2 is 1.73 bits per heavy atom. The molecule has 0 spiro atoms. The molecule has 8 heteroatoms. The number of benzene rings is 1. The van der Waals surface area contributed by atoms with E-state index in [0.717, 1.165) is 41.6 Å². The first-order chi connectivity index (χ1) is 16.2. The summed E-state index contributed by atoms with van der Waals surface area (Å²) in [6.07, 6.45) is 3.49. The number of ether oxygens (including phenoxy) is 1. The van der Waals surface area contributed by atoms with E-state index < -0.39 is 0 Å². The van der Waals surface area contributed by atoms with E-state index in [4.69, 9.17) is 4.74 Å². The van der Waals surface area contributed by atoms with Gasteiger partial charge in [-0.15, -0.1) is 10.2 Å². The molecule has 1 aliphatic rings. The number of carbonyl (C=O) groups is 1. The summed E-state index contributed by atoms with van der Waals surface area (Å²) in [5.41, 5.74) is 2.91. The Morgan fingerprint density at radius 3 is 2.39 bits per heavy atom. The van der Waals surface area contributed by atoms with Crippen molar-refractivity contribution in [3.63, 3.8) is 0 Å². The van der Waals surface area contributed by atoms with Crippen molar-refractivity contribution in [3.8, 4) is 17.0 Å². The van der Waals surface area contributed by atoms with Gasteiger partial charge < -0.3 is 19.4 Å². The van der Waals surface area contributed by atoms with Crippen molar-refractivity contribution in [3.05, 3.63) is 60.9 Å². The van der Waals surface area contributed by atoms with Crippen molar-refractivity contribution in [2.45, 2.75) is 13.8 Å². The number of amides is 1. The maximum Gasteiger partial charge on any atom is 0.260 e. The first-order valence-corrected chi connectivity index (χ1v) is 11.4. The molecule has 0 atom stereocenters. The average molecular weight is 447 g/mol. The van der Waals surface area contributed by atoms with E-state index in [1.54, 1.807) is 12.4 Å². The highest BCUT2D eigenvalue weighted by Gasteiger charge is 2.22. The summed E-state index contributed by atoms with van der Waals surface area (Å²) >= 11 is 0. The molecule has 0 unspecified atom stereocenters. The van der Waals surface area contributed by atoms with Crippen LogP contribution >= 0.6 is 0 Å². The van der Waals surface area contributed by atoms with Crippen LogP contribution in [0.2, 0.25) is 0 Å². The van der Waals surface area contributed by atoms with Crippen LogP contribution in [0.15, 0.2) is 60.9 Å². The zero-order valence-corrected chi connectivity index (χ0v) is 19.2. The van der Waals surface area contributed by atoms with Gasteiger partial charge in [-0.1, -0.05) is 6.07 Å². The molecule has 1 aromatic carbocycles. The van der Waals surface area contributed by atoms with Gasteiger partial charge >= 0.3 is 0 Å². The molecule has 33 heavy (non-hydrogen) atoms. The fourth-order valence-electron chi connectivity index (χ4n) is 3.95. The Morgan fingerprint density at radius 1 is 0.970 bits per heavy atom. The molecule has 0 bridgehead atoms. The molecule has 3 aromatic rings. The van der Waals surface area contributed by atoms with Crippen LogP contribution in [0, 0.1) is 0 Å². The number of hydrogen-bond donors (Lipinski definition) is 0. The Balaban J connectivity index is 1.27. The van der Waals surface area contributed by atoms with Crippen LogP contribution in [0.1, 0.15) is 13.8 Å². The summed E-state index contributed by atoms with van der Waals surface area (Å²) in [6, 6.07) is 15.7. The lowest BCUT2D eigenvalue weighted by molar-refractivity contribution is -0.133. The van der Waals surface area contributed by atoms with Crippen LogP contribution in [-0.2, 0) is 4.79 Å². The molecular formula is C25H30N6O2. The fourth-order valence-corrected chi connectivity index (χ4v) is 3.95. The van der Waals surface area contributed by atoms with Gasteiger partial charge in [-0.05, 0) is 50.2 Å². The van der Waals surface area contributed by atoms with E-state index >= 15 is 0 Å². The fraction of sp³-hybridized carbons (Fsp3) is 0.360. The lowest BCUT2D eigenvalue weighted by Crippen LogP contribution is -2.50. The normalized spacial score (nSPS) is 13.6. The molecule has 3 heterocycles. The van der Waals surface area contributed by atoms with E-state index in [1.807, 2.05) is 47.4 Å². The molecule has 0 saturated carbocycles. The molecule has 0 N–H and O–H groups in total. The van der Waals surface area contributed by atoms with Gasteiger partial charge in [0.1, 0.15) is 5.75 Å². The summed E-state index contributed by atoms with van der Waals surface area (Å²) in [4.78, 5) is 23.0. The maximum absolute atomic E-state index is 12.7. The quantitative estimate of drug-likeness (QED) is 0.526. The number of carbonyl (C=O) groups excluding carboxylic acids is 1. The number of pyridine rings is 1. The Bertz CT molecular complexity index is 1030. The first kappa shape index (κ1) is 22.5. The van der Waals surface area contributed by atoms with Crippen LogP contribution in [0.5, 0.6) is 5.75 Å². The molecule has 1 fully saturated rings. The van der Waals surface area contributed by atoms with Crippen molar-refractivity contribution in [2.24, 2.45) is 0 Å². The minimum atomic E-state index is 0.00186. The third kappa shape index (κ3) is 5.58. The van der Waals surface area contributed by atoms with E-state index in [-0.39, 0.29) is 12.5 Å². The number of piperazine rings is 1. The molecule has 0 aliphatic carbocycles. The molecule has 8 nitrogen and oxygen atoms in total. The van der Waals surface area contributed by atoms with E-state index in [9.17, 15) is 4.79 Å². The lowest BCUT2D eigenvalue weighted by Gasteiger charge is -2.35. The number of aromatic nitrogens is 3. The summed E-state index contributed by atoms with van der Waals surface area (Å²) in [5, 5.41) is 8.73. The van der Waals surface area contributed by atoms with Crippen molar-refractivity contribution in [2.75, 3.05) is 55.7 Å². The summed E-state index contributed by atoms with van der Waals surface area (Å²) in [6.45, 7) is 8.86. The van der Waals surface area contributed by atoms with Crippen LogP contribution in [-0.4, -0.2) is 71.9 Å². The zero-order chi connectivity index (χ0) is 23.0. The van der Waals surface area contributed by atoms with Gasteiger partial charge in [-0.25, -0.2) is 0 Å². The number of rotatable bonds is 8. The van der Waals surface area contributed by atoms with E-state index in [2.05, 4.69) is 44.9 Å². The predicted octanol–water partition coefficient (Wildman–Crippen LogP) is 3.11. The van der Waals surface area contributed by atoms with Gasteiger partial charge in [0.05, 0.1) is 5.69 Å². The summed E-state index contributed by atoms with van der Waals surface area (Å²) in [5.74, 6) is 1.54. The smallest absolute Gasteiger partial charge is 0.260 e. The third-order valence-corrected chi connectivity index (χ3v) is 5.89. The van der Waals surface area contributed by atoms with Gasteiger partial charge in [0.2, 0.25) is 0 Å². The second-order valence-corrected chi connectivity index (χ2v) is 7.84. The number of hydrogen-bond acceptors (Lipinski definition) is 7. The Hall–Kier alpha value is -3.68. The summed E-state index contributed by atoms with van der Waals surface area (Å²) < 4.78 is 5.81. The molecule has 0 radical (unpaired) electrons. The Kier molecular flexibility index (Phi) is 7.34. The van der Waals surface area contributed by atoms with Crippen molar-refractivity contribution in [1.82, 2.24) is 20.1 Å². The van der Waals surface area contributed by atoms with Crippen molar-refractivity contribution < 1.29 is 9.53 Å². The van der Waals surface area contributed by atoms with Gasteiger partial charge in [-0.3, -0.25) is 9.78 Å². The highest BCUT2D eigenvalue weighted by molar-refractivity contribution is 5.78. The summed E-state index contributed by atoms with van der Waals surface area (Å²) in [7, 11) is 0. The van der Waals surface area contributed by atoms with E-state index in [1.165, 1.54) is 0 Å². The van der Waals surface area contributed by atoms with Crippen LogP contribution in [0.25, 0.3) is 11.3 Å². The molecular weight excluding hydrogens is 416 g/mol. The second kappa shape index (κ2) is 10.8. The average Bonchev–Trinajstić information content (AvgIpc) is 2.89. The SMILES string of the molecule is CCN(CC)c1cccc(OCC(=O)N2CCN(c3ccc(-c4ccncc4)nn3)CC2)c1. The van der Waals surface area contributed by atoms with Gasteiger partial charge in [0, 0.05) is 69.0 Å². The van der Waals surface area contributed by atoms with Gasteiger partial charge in [-0.2, -0.15) is 0 Å². The minimum Gasteiger partial charge on any atom is -0.484 e.